The Kier molecular flexibility index (Phi) is 5.51. The lowest BCUT2D eigenvalue weighted by molar-refractivity contribution is 0.102. The van der Waals surface area contributed by atoms with Crippen LogP contribution in [0.5, 0.6) is 0 Å². The number of aromatic nitrogens is 2. The minimum Gasteiger partial charge on any atom is -0.363 e. The van der Waals surface area contributed by atoms with Crippen LogP contribution in [0.2, 0.25) is 0 Å². The van der Waals surface area contributed by atoms with E-state index in [4.69, 9.17) is 5.26 Å². The average Bonchev–Trinajstić information content (AvgIpc) is 2.69. The smallest absolute Gasteiger partial charge is 0.255 e. The predicted molar refractivity (Wildman–Crippen MR) is 110 cm³/mol. The van der Waals surface area contributed by atoms with Crippen molar-refractivity contribution in [2.45, 2.75) is 6.92 Å². The summed E-state index contributed by atoms with van der Waals surface area (Å²) < 4.78 is 0. The Bertz CT molecular complexity index is 1020. The minimum atomic E-state index is -0.233. The van der Waals surface area contributed by atoms with Crippen LogP contribution in [0.3, 0.4) is 0 Å². The van der Waals surface area contributed by atoms with Crippen LogP contribution in [0.25, 0.3) is 0 Å². The number of benzene rings is 2. The zero-order valence-electron chi connectivity index (χ0n) is 15.9. The lowest BCUT2D eigenvalue weighted by Crippen LogP contribution is -2.13. The fourth-order valence-corrected chi connectivity index (χ4v) is 2.50. The lowest BCUT2D eigenvalue weighted by atomic mass is 10.1. The van der Waals surface area contributed by atoms with Crippen molar-refractivity contribution in [3.05, 3.63) is 71.4 Å². The topological polar surface area (TPSA) is 93.9 Å². The molecule has 0 radical (unpaired) electrons. The maximum absolute atomic E-state index is 12.3. The number of hydrogen-bond acceptors (Lipinski definition) is 6. The van der Waals surface area contributed by atoms with E-state index in [0.717, 1.165) is 17.2 Å². The molecule has 0 aliphatic rings. The van der Waals surface area contributed by atoms with Crippen molar-refractivity contribution in [3.8, 4) is 6.07 Å². The van der Waals surface area contributed by atoms with Crippen molar-refractivity contribution >= 4 is 29.0 Å². The highest BCUT2D eigenvalue weighted by atomic mass is 16.1. The highest BCUT2D eigenvalue weighted by Gasteiger charge is 2.07. The second-order valence-corrected chi connectivity index (χ2v) is 6.43. The van der Waals surface area contributed by atoms with Gasteiger partial charge in [-0.25, -0.2) is 4.98 Å². The van der Waals surface area contributed by atoms with E-state index in [2.05, 4.69) is 20.6 Å². The van der Waals surface area contributed by atoms with Gasteiger partial charge in [-0.2, -0.15) is 10.2 Å². The number of anilines is 4. The summed E-state index contributed by atoms with van der Waals surface area (Å²) in [6.45, 7) is 1.92. The predicted octanol–water partition coefficient (Wildman–Crippen LogP) is 3.72. The number of aryl methyl sites for hydroxylation is 1. The molecule has 7 nitrogen and oxygen atoms in total. The molecular formula is C21H20N6O. The van der Waals surface area contributed by atoms with E-state index in [0.29, 0.717) is 22.8 Å². The molecule has 0 saturated heterocycles. The van der Waals surface area contributed by atoms with E-state index in [1.165, 1.54) is 0 Å². The number of hydrogen-bond donors (Lipinski definition) is 2. The van der Waals surface area contributed by atoms with Gasteiger partial charge in [0.2, 0.25) is 5.95 Å². The number of amides is 1. The molecule has 0 unspecified atom stereocenters. The molecule has 0 aliphatic carbocycles. The molecule has 0 aliphatic heterocycles. The molecule has 0 saturated carbocycles. The fourth-order valence-electron chi connectivity index (χ4n) is 2.50. The molecule has 3 aromatic rings. The van der Waals surface area contributed by atoms with Crippen LogP contribution in [0, 0.1) is 18.3 Å². The molecule has 140 valence electrons. The molecule has 0 fully saturated rings. The van der Waals surface area contributed by atoms with Crippen LogP contribution in [0.15, 0.2) is 54.6 Å². The Morgan fingerprint density at radius 2 is 1.64 bits per heavy atom. The Labute approximate surface area is 163 Å². The third-order valence-corrected chi connectivity index (χ3v) is 3.97. The zero-order valence-corrected chi connectivity index (χ0v) is 15.9. The first-order valence-electron chi connectivity index (χ1n) is 8.66. The van der Waals surface area contributed by atoms with Crippen LogP contribution in [-0.2, 0) is 0 Å². The summed E-state index contributed by atoms with van der Waals surface area (Å²) in [5.74, 6) is 1.10. The van der Waals surface area contributed by atoms with Crippen LogP contribution in [0.1, 0.15) is 21.6 Å². The van der Waals surface area contributed by atoms with E-state index in [9.17, 15) is 4.79 Å². The van der Waals surface area contributed by atoms with Gasteiger partial charge in [-0.15, -0.1) is 0 Å². The van der Waals surface area contributed by atoms with Gasteiger partial charge in [-0.3, -0.25) is 4.79 Å². The molecule has 2 N–H and O–H groups in total. The van der Waals surface area contributed by atoms with Crippen molar-refractivity contribution in [3.63, 3.8) is 0 Å². The van der Waals surface area contributed by atoms with Crippen molar-refractivity contribution in [1.82, 2.24) is 9.97 Å². The van der Waals surface area contributed by atoms with E-state index in [1.807, 2.05) is 50.2 Å². The van der Waals surface area contributed by atoms with Gasteiger partial charge in [0.1, 0.15) is 5.82 Å². The third kappa shape index (κ3) is 4.62. The summed E-state index contributed by atoms with van der Waals surface area (Å²) in [7, 11) is 3.85. The lowest BCUT2D eigenvalue weighted by Gasteiger charge is -2.14. The van der Waals surface area contributed by atoms with Crippen LogP contribution >= 0.6 is 0 Å². The van der Waals surface area contributed by atoms with Gasteiger partial charge >= 0.3 is 0 Å². The standard InChI is InChI=1S/C21H20N6O/c1-14-12-19(27(2)3)26-21(23-14)25-18-10-8-17(9-11-18)24-20(28)16-6-4-15(13-22)5-7-16/h4-12H,1-3H3,(H,24,28)(H,23,25,26). The number of rotatable bonds is 5. The molecule has 7 heteroatoms. The summed E-state index contributed by atoms with van der Waals surface area (Å²) in [5, 5.41) is 14.8. The monoisotopic (exact) mass is 372 g/mol. The molecule has 1 amide bonds. The van der Waals surface area contributed by atoms with Gasteiger partial charge in [-0.05, 0) is 55.5 Å². The van der Waals surface area contributed by atoms with Crippen molar-refractivity contribution in [2.75, 3.05) is 29.6 Å². The van der Waals surface area contributed by atoms with Crippen molar-refractivity contribution in [2.24, 2.45) is 0 Å². The Morgan fingerprint density at radius 1 is 1.00 bits per heavy atom. The zero-order chi connectivity index (χ0) is 20.1. The maximum atomic E-state index is 12.3. The number of nitriles is 1. The molecule has 0 atom stereocenters. The third-order valence-electron chi connectivity index (χ3n) is 3.97. The molecule has 2 aromatic carbocycles. The fraction of sp³-hybridized carbons (Fsp3) is 0.143. The van der Waals surface area contributed by atoms with Crippen LogP contribution in [0.4, 0.5) is 23.1 Å². The molecule has 3 rings (SSSR count). The Balaban J connectivity index is 1.68. The highest BCUT2D eigenvalue weighted by molar-refractivity contribution is 6.04. The van der Waals surface area contributed by atoms with E-state index < -0.39 is 0 Å². The van der Waals surface area contributed by atoms with Gasteiger partial charge in [0.25, 0.3) is 5.91 Å². The molecule has 1 heterocycles. The Hall–Kier alpha value is -3.92. The van der Waals surface area contributed by atoms with Crippen LogP contribution in [-0.4, -0.2) is 30.0 Å². The minimum absolute atomic E-state index is 0.233. The van der Waals surface area contributed by atoms with E-state index in [1.54, 1.807) is 36.4 Å². The second kappa shape index (κ2) is 8.18. The van der Waals surface area contributed by atoms with Gasteiger partial charge in [0.15, 0.2) is 0 Å². The highest BCUT2D eigenvalue weighted by Crippen LogP contribution is 2.19. The second-order valence-electron chi connectivity index (χ2n) is 6.43. The molecule has 1 aromatic heterocycles. The number of nitrogens with one attached hydrogen (secondary N) is 2. The number of nitrogens with zero attached hydrogens (tertiary/aromatic N) is 4. The van der Waals surface area contributed by atoms with Crippen molar-refractivity contribution in [1.29, 1.82) is 5.26 Å². The quantitative estimate of drug-likeness (QED) is 0.709. The first-order chi connectivity index (χ1) is 13.4. The van der Waals surface area contributed by atoms with E-state index >= 15 is 0 Å². The molecule has 28 heavy (non-hydrogen) atoms. The van der Waals surface area contributed by atoms with Gasteiger partial charge in [-0.1, -0.05) is 0 Å². The van der Waals surface area contributed by atoms with Gasteiger partial charge in [0.05, 0.1) is 11.6 Å². The van der Waals surface area contributed by atoms with Gasteiger partial charge in [0, 0.05) is 42.8 Å². The SMILES string of the molecule is Cc1cc(N(C)C)nc(Nc2ccc(NC(=O)c3ccc(C#N)cc3)cc2)n1. The number of carbonyl (C=O) groups excluding carboxylic acids is 1. The summed E-state index contributed by atoms with van der Waals surface area (Å²) >= 11 is 0. The van der Waals surface area contributed by atoms with Gasteiger partial charge < -0.3 is 15.5 Å². The number of carbonyl (C=O) groups is 1. The Morgan fingerprint density at radius 3 is 2.25 bits per heavy atom. The summed E-state index contributed by atoms with van der Waals surface area (Å²) in [6, 6.07) is 17.7. The largest absolute Gasteiger partial charge is 0.363 e. The first-order valence-corrected chi connectivity index (χ1v) is 8.66. The maximum Gasteiger partial charge on any atom is 0.255 e. The van der Waals surface area contributed by atoms with Crippen molar-refractivity contribution < 1.29 is 4.79 Å². The summed E-state index contributed by atoms with van der Waals surface area (Å²) in [6.07, 6.45) is 0. The molecule has 0 bridgehead atoms. The average molecular weight is 372 g/mol. The normalized spacial score (nSPS) is 10.1. The molecular weight excluding hydrogens is 352 g/mol. The van der Waals surface area contributed by atoms with Crippen LogP contribution < -0.4 is 15.5 Å². The first kappa shape index (κ1) is 18.9. The summed E-state index contributed by atoms with van der Waals surface area (Å²) in [5.41, 5.74) is 3.35. The van der Waals surface area contributed by atoms with E-state index in [-0.39, 0.29) is 5.91 Å². The molecule has 0 spiro atoms. The summed E-state index contributed by atoms with van der Waals surface area (Å²) in [4.78, 5) is 23.1.